The number of carbonyl (C=O) groups excluding carboxylic acids is 1. The summed E-state index contributed by atoms with van der Waals surface area (Å²) < 4.78 is 0. The molecule has 6 heteroatoms. The molecule has 0 aromatic heterocycles. The molecule has 0 aliphatic carbocycles. The highest BCUT2D eigenvalue weighted by atomic mass is 32.2. The molecule has 0 atom stereocenters. The van der Waals surface area contributed by atoms with Crippen LogP contribution in [-0.4, -0.2) is 36.1 Å². The third kappa shape index (κ3) is 3.44. The van der Waals surface area contributed by atoms with Crippen molar-refractivity contribution in [2.75, 3.05) is 23.7 Å². The lowest BCUT2D eigenvalue weighted by molar-refractivity contribution is -0.116. The van der Waals surface area contributed by atoms with Crippen LogP contribution >= 0.6 is 11.8 Å². The van der Waals surface area contributed by atoms with E-state index in [0.717, 1.165) is 18.7 Å². The van der Waals surface area contributed by atoms with Crippen molar-refractivity contribution in [2.45, 2.75) is 19.8 Å². The van der Waals surface area contributed by atoms with E-state index in [1.165, 1.54) is 35.9 Å². The van der Waals surface area contributed by atoms with E-state index in [0.29, 0.717) is 10.9 Å². The summed E-state index contributed by atoms with van der Waals surface area (Å²) in [4.78, 5) is 13.5. The Kier molecular flexibility index (Phi) is 4.24. The van der Waals surface area contributed by atoms with Crippen molar-refractivity contribution in [3.05, 3.63) is 29.3 Å². The van der Waals surface area contributed by atoms with Gasteiger partial charge in [-0.15, -0.1) is 5.10 Å². The van der Waals surface area contributed by atoms with Crippen LogP contribution in [0.15, 0.2) is 28.4 Å². The standard InChI is InChI=1S/C15H18N4OS/c1-11-8-13(19-6-2-3-7-19)5-4-12(11)9-16-18-15-17-14(20)10-21-15/h4-5,8-9H,2-3,6-7,10H2,1H3,(H,17,18,20). The van der Waals surface area contributed by atoms with Gasteiger partial charge < -0.3 is 10.2 Å². The average Bonchev–Trinajstić information content (AvgIpc) is 3.12. The second kappa shape index (κ2) is 6.30. The molecule has 1 amide bonds. The molecule has 2 aliphatic heterocycles. The van der Waals surface area contributed by atoms with Gasteiger partial charge in [-0.25, -0.2) is 0 Å². The fourth-order valence-electron chi connectivity index (χ4n) is 2.50. The molecule has 0 spiro atoms. The molecular weight excluding hydrogens is 284 g/mol. The molecule has 0 bridgehead atoms. The van der Waals surface area contributed by atoms with E-state index in [1.54, 1.807) is 6.21 Å². The lowest BCUT2D eigenvalue weighted by atomic mass is 10.1. The van der Waals surface area contributed by atoms with E-state index >= 15 is 0 Å². The number of benzene rings is 1. The predicted octanol–water partition coefficient (Wildman–Crippen LogP) is 2.15. The van der Waals surface area contributed by atoms with Crippen molar-refractivity contribution >= 4 is 34.7 Å². The molecule has 2 heterocycles. The van der Waals surface area contributed by atoms with Gasteiger partial charge in [0.05, 0.1) is 12.0 Å². The Morgan fingerprint density at radius 3 is 2.81 bits per heavy atom. The number of rotatable bonds is 3. The summed E-state index contributed by atoms with van der Waals surface area (Å²) in [5, 5.41) is 11.3. The number of anilines is 1. The van der Waals surface area contributed by atoms with Crippen LogP contribution in [0.1, 0.15) is 24.0 Å². The lowest BCUT2D eigenvalue weighted by Crippen LogP contribution is -2.19. The van der Waals surface area contributed by atoms with Crippen LogP contribution in [0.2, 0.25) is 0 Å². The summed E-state index contributed by atoms with van der Waals surface area (Å²) in [5.41, 5.74) is 3.52. The van der Waals surface area contributed by atoms with Crippen LogP contribution in [0.5, 0.6) is 0 Å². The summed E-state index contributed by atoms with van der Waals surface area (Å²) >= 11 is 1.38. The second-order valence-corrected chi connectivity index (χ2v) is 6.19. The molecule has 1 aromatic carbocycles. The highest BCUT2D eigenvalue weighted by Crippen LogP contribution is 2.22. The van der Waals surface area contributed by atoms with E-state index in [-0.39, 0.29) is 5.91 Å². The first-order valence-electron chi connectivity index (χ1n) is 7.12. The van der Waals surface area contributed by atoms with Crippen molar-refractivity contribution < 1.29 is 4.79 Å². The Hall–Kier alpha value is -1.82. The van der Waals surface area contributed by atoms with Gasteiger partial charge in [0, 0.05) is 18.8 Å². The average molecular weight is 302 g/mol. The maximum atomic E-state index is 11.0. The number of aryl methyl sites for hydroxylation is 1. The van der Waals surface area contributed by atoms with Crippen molar-refractivity contribution in [3.8, 4) is 0 Å². The number of carbonyl (C=O) groups is 1. The second-order valence-electron chi connectivity index (χ2n) is 5.22. The smallest absolute Gasteiger partial charge is 0.236 e. The molecule has 1 aromatic rings. The number of nitrogens with one attached hydrogen (secondary N) is 1. The third-order valence-electron chi connectivity index (χ3n) is 3.66. The van der Waals surface area contributed by atoms with Crippen molar-refractivity contribution in [1.29, 1.82) is 0 Å². The van der Waals surface area contributed by atoms with Gasteiger partial charge in [0.1, 0.15) is 0 Å². The summed E-state index contributed by atoms with van der Waals surface area (Å²) in [6.07, 6.45) is 4.30. The molecule has 5 nitrogen and oxygen atoms in total. The zero-order valence-corrected chi connectivity index (χ0v) is 12.8. The van der Waals surface area contributed by atoms with E-state index in [4.69, 9.17) is 0 Å². The van der Waals surface area contributed by atoms with Gasteiger partial charge in [-0.1, -0.05) is 17.8 Å². The van der Waals surface area contributed by atoms with Crippen molar-refractivity contribution in [2.24, 2.45) is 10.2 Å². The number of thioether (sulfide) groups is 1. The first-order chi connectivity index (χ1) is 10.2. The van der Waals surface area contributed by atoms with Gasteiger partial charge in [-0.2, -0.15) is 5.10 Å². The highest BCUT2D eigenvalue weighted by Gasteiger charge is 2.16. The van der Waals surface area contributed by atoms with Gasteiger partial charge in [0.15, 0.2) is 5.17 Å². The zero-order chi connectivity index (χ0) is 14.7. The predicted molar refractivity (Wildman–Crippen MR) is 88.3 cm³/mol. The van der Waals surface area contributed by atoms with Crippen LogP contribution < -0.4 is 10.2 Å². The molecule has 2 fully saturated rings. The molecule has 0 saturated carbocycles. The fourth-order valence-corrected chi connectivity index (χ4v) is 3.13. The SMILES string of the molecule is Cc1cc(N2CCCC2)ccc1C=NN=C1NC(=O)CS1. The maximum absolute atomic E-state index is 11.0. The minimum absolute atomic E-state index is 0.0138. The molecule has 110 valence electrons. The topological polar surface area (TPSA) is 57.1 Å². The Labute approximate surface area is 128 Å². The number of amidine groups is 1. The number of nitrogens with zero attached hydrogens (tertiary/aromatic N) is 3. The quantitative estimate of drug-likeness (QED) is 0.687. The monoisotopic (exact) mass is 302 g/mol. The summed E-state index contributed by atoms with van der Waals surface area (Å²) in [6.45, 7) is 4.38. The molecule has 2 aliphatic rings. The van der Waals surface area contributed by atoms with Gasteiger partial charge in [-0.3, -0.25) is 4.79 Å². The summed E-state index contributed by atoms with van der Waals surface area (Å²) in [7, 11) is 0. The fraction of sp³-hybridized carbons (Fsp3) is 0.400. The van der Waals surface area contributed by atoms with Crippen LogP contribution in [0.4, 0.5) is 5.69 Å². The van der Waals surface area contributed by atoms with Crippen LogP contribution in [-0.2, 0) is 4.79 Å². The van der Waals surface area contributed by atoms with Crippen molar-refractivity contribution in [1.82, 2.24) is 5.32 Å². The molecule has 0 unspecified atom stereocenters. The van der Waals surface area contributed by atoms with E-state index in [2.05, 4.69) is 45.5 Å². The molecule has 21 heavy (non-hydrogen) atoms. The van der Waals surface area contributed by atoms with Crippen LogP contribution in [0.25, 0.3) is 0 Å². The molecule has 3 rings (SSSR count). The van der Waals surface area contributed by atoms with E-state index in [1.807, 2.05) is 0 Å². The largest absolute Gasteiger partial charge is 0.372 e. The lowest BCUT2D eigenvalue weighted by Gasteiger charge is -2.18. The Balaban J connectivity index is 1.69. The number of hydrogen-bond acceptors (Lipinski definition) is 5. The summed E-state index contributed by atoms with van der Waals surface area (Å²) in [5.74, 6) is 0.415. The first-order valence-corrected chi connectivity index (χ1v) is 8.10. The van der Waals surface area contributed by atoms with Gasteiger partial charge >= 0.3 is 0 Å². The minimum Gasteiger partial charge on any atom is -0.372 e. The zero-order valence-electron chi connectivity index (χ0n) is 12.0. The molecule has 1 N–H and O–H groups in total. The normalized spacial score (nSPS) is 20.7. The third-order valence-corrected chi connectivity index (χ3v) is 4.52. The number of hydrogen-bond donors (Lipinski definition) is 1. The molecule has 0 radical (unpaired) electrons. The Morgan fingerprint density at radius 2 is 2.14 bits per heavy atom. The number of amides is 1. The first kappa shape index (κ1) is 14.1. The molecular formula is C15H18N4OS. The Morgan fingerprint density at radius 1 is 1.33 bits per heavy atom. The van der Waals surface area contributed by atoms with Crippen LogP contribution in [0, 0.1) is 6.92 Å². The molecule has 2 saturated heterocycles. The minimum atomic E-state index is -0.0138. The van der Waals surface area contributed by atoms with Gasteiger partial charge in [-0.05, 0) is 43.0 Å². The van der Waals surface area contributed by atoms with Crippen molar-refractivity contribution in [3.63, 3.8) is 0 Å². The van der Waals surface area contributed by atoms with E-state index in [9.17, 15) is 4.79 Å². The van der Waals surface area contributed by atoms with Gasteiger partial charge in [0.2, 0.25) is 5.91 Å². The maximum Gasteiger partial charge on any atom is 0.236 e. The highest BCUT2D eigenvalue weighted by molar-refractivity contribution is 8.15. The van der Waals surface area contributed by atoms with E-state index < -0.39 is 0 Å². The Bertz CT molecular complexity index is 606. The van der Waals surface area contributed by atoms with Gasteiger partial charge in [0.25, 0.3) is 0 Å². The van der Waals surface area contributed by atoms with Crippen LogP contribution in [0.3, 0.4) is 0 Å². The summed E-state index contributed by atoms with van der Waals surface area (Å²) in [6, 6.07) is 6.41.